The number of hydrogen-bond donors (Lipinski definition) is 0. The SMILES string of the molecule is COc1ccc(-c2cc(=O)n3cc(F)ccc3n2)cc1. The van der Waals surface area contributed by atoms with E-state index >= 15 is 0 Å². The van der Waals surface area contributed by atoms with Gasteiger partial charge in [0.1, 0.15) is 17.2 Å². The number of benzene rings is 1. The minimum atomic E-state index is -0.474. The first kappa shape index (κ1) is 12.3. The highest BCUT2D eigenvalue weighted by atomic mass is 19.1. The van der Waals surface area contributed by atoms with Crippen molar-refractivity contribution in [2.45, 2.75) is 0 Å². The third-order valence-electron chi connectivity index (χ3n) is 3.01. The lowest BCUT2D eigenvalue weighted by atomic mass is 10.1. The van der Waals surface area contributed by atoms with Crippen molar-refractivity contribution in [3.8, 4) is 17.0 Å². The highest BCUT2D eigenvalue weighted by Crippen LogP contribution is 2.20. The summed E-state index contributed by atoms with van der Waals surface area (Å²) in [7, 11) is 1.59. The summed E-state index contributed by atoms with van der Waals surface area (Å²) < 4.78 is 19.4. The predicted octanol–water partition coefficient (Wildman–Crippen LogP) is 2.51. The maximum absolute atomic E-state index is 13.1. The third-order valence-corrected chi connectivity index (χ3v) is 3.01. The molecule has 3 aromatic rings. The van der Waals surface area contributed by atoms with Gasteiger partial charge in [-0.05, 0) is 36.4 Å². The van der Waals surface area contributed by atoms with Crippen LogP contribution in [0.15, 0.2) is 53.5 Å². The molecule has 0 saturated heterocycles. The van der Waals surface area contributed by atoms with Gasteiger partial charge in [-0.2, -0.15) is 0 Å². The van der Waals surface area contributed by atoms with Crippen molar-refractivity contribution in [3.63, 3.8) is 0 Å². The molecule has 2 heterocycles. The van der Waals surface area contributed by atoms with E-state index in [4.69, 9.17) is 4.74 Å². The average molecular weight is 270 g/mol. The van der Waals surface area contributed by atoms with Gasteiger partial charge in [-0.25, -0.2) is 9.37 Å². The summed E-state index contributed by atoms with van der Waals surface area (Å²) in [6.45, 7) is 0. The Hall–Kier alpha value is -2.69. The molecule has 0 aliphatic rings. The predicted molar refractivity (Wildman–Crippen MR) is 73.4 cm³/mol. The highest BCUT2D eigenvalue weighted by molar-refractivity contribution is 5.62. The van der Waals surface area contributed by atoms with E-state index in [1.165, 1.54) is 22.6 Å². The van der Waals surface area contributed by atoms with E-state index < -0.39 is 5.82 Å². The Kier molecular flexibility index (Phi) is 2.95. The molecule has 0 atom stereocenters. The van der Waals surface area contributed by atoms with E-state index in [1.54, 1.807) is 19.2 Å². The average Bonchev–Trinajstić information content (AvgIpc) is 2.48. The number of pyridine rings is 1. The van der Waals surface area contributed by atoms with Crippen molar-refractivity contribution < 1.29 is 9.13 Å². The summed E-state index contributed by atoms with van der Waals surface area (Å²) in [6.07, 6.45) is 1.13. The Morgan fingerprint density at radius 1 is 1.15 bits per heavy atom. The van der Waals surface area contributed by atoms with Crippen LogP contribution in [-0.2, 0) is 0 Å². The summed E-state index contributed by atoms with van der Waals surface area (Å²) in [5.74, 6) is 0.256. The van der Waals surface area contributed by atoms with Crippen LogP contribution in [0.3, 0.4) is 0 Å². The van der Waals surface area contributed by atoms with E-state index in [1.807, 2.05) is 12.1 Å². The second-order valence-corrected chi connectivity index (χ2v) is 4.28. The van der Waals surface area contributed by atoms with Crippen molar-refractivity contribution in [2.75, 3.05) is 7.11 Å². The molecule has 0 amide bonds. The number of hydrogen-bond acceptors (Lipinski definition) is 3. The zero-order valence-electron chi connectivity index (χ0n) is 10.7. The van der Waals surface area contributed by atoms with Crippen molar-refractivity contribution in [1.29, 1.82) is 0 Å². The van der Waals surface area contributed by atoms with Crippen LogP contribution in [0.25, 0.3) is 16.9 Å². The van der Waals surface area contributed by atoms with Crippen molar-refractivity contribution in [3.05, 3.63) is 64.8 Å². The zero-order valence-corrected chi connectivity index (χ0v) is 10.7. The van der Waals surface area contributed by atoms with Gasteiger partial charge in [-0.1, -0.05) is 0 Å². The Morgan fingerprint density at radius 2 is 1.90 bits per heavy atom. The Morgan fingerprint density at radius 3 is 2.60 bits per heavy atom. The van der Waals surface area contributed by atoms with Crippen LogP contribution in [0, 0.1) is 5.82 Å². The monoisotopic (exact) mass is 270 g/mol. The van der Waals surface area contributed by atoms with Gasteiger partial charge in [0.05, 0.1) is 12.8 Å². The van der Waals surface area contributed by atoms with Gasteiger partial charge in [0.25, 0.3) is 5.56 Å². The lowest BCUT2D eigenvalue weighted by molar-refractivity contribution is 0.415. The second kappa shape index (κ2) is 4.77. The molecule has 0 unspecified atom stereocenters. The largest absolute Gasteiger partial charge is 0.497 e. The van der Waals surface area contributed by atoms with Gasteiger partial charge in [0.15, 0.2) is 0 Å². The molecule has 0 saturated carbocycles. The molecular formula is C15H11FN2O2. The lowest BCUT2D eigenvalue weighted by Gasteiger charge is -2.05. The Balaban J connectivity index is 2.16. The fourth-order valence-electron chi connectivity index (χ4n) is 1.99. The first-order valence-corrected chi connectivity index (χ1v) is 6.01. The summed E-state index contributed by atoms with van der Waals surface area (Å²) in [4.78, 5) is 16.3. The van der Waals surface area contributed by atoms with Crippen LogP contribution in [0.5, 0.6) is 5.75 Å². The number of ether oxygens (including phenoxy) is 1. The van der Waals surface area contributed by atoms with E-state index in [0.29, 0.717) is 11.3 Å². The van der Waals surface area contributed by atoms with Crippen LogP contribution in [0.2, 0.25) is 0 Å². The van der Waals surface area contributed by atoms with Gasteiger partial charge in [-0.3, -0.25) is 9.20 Å². The first-order valence-electron chi connectivity index (χ1n) is 6.01. The number of aromatic nitrogens is 2. The Bertz CT molecular complexity index is 825. The fourth-order valence-corrected chi connectivity index (χ4v) is 1.99. The van der Waals surface area contributed by atoms with Crippen molar-refractivity contribution in [2.24, 2.45) is 0 Å². The summed E-state index contributed by atoms with van der Waals surface area (Å²) in [5.41, 5.74) is 1.43. The molecule has 0 aliphatic carbocycles. The number of methoxy groups -OCH3 is 1. The smallest absolute Gasteiger partial charge is 0.258 e. The standard InChI is InChI=1S/C15H11FN2O2/c1-20-12-5-2-10(3-6-12)13-8-15(19)18-9-11(16)4-7-14(18)17-13/h2-9H,1H3. The summed E-state index contributed by atoms with van der Waals surface area (Å²) in [6, 6.07) is 11.4. The van der Waals surface area contributed by atoms with E-state index in [9.17, 15) is 9.18 Å². The lowest BCUT2D eigenvalue weighted by Crippen LogP contribution is -2.14. The molecule has 0 bridgehead atoms. The number of nitrogens with zero attached hydrogens (tertiary/aromatic N) is 2. The number of rotatable bonds is 2. The second-order valence-electron chi connectivity index (χ2n) is 4.28. The van der Waals surface area contributed by atoms with Crippen LogP contribution >= 0.6 is 0 Å². The normalized spacial score (nSPS) is 10.7. The molecule has 3 rings (SSSR count). The quantitative estimate of drug-likeness (QED) is 0.718. The maximum atomic E-state index is 13.1. The molecule has 20 heavy (non-hydrogen) atoms. The van der Waals surface area contributed by atoms with Crippen molar-refractivity contribution >= 4 is 5.65 Å². The zero-order chi connectivity index (χ0) is 14.1. The van der Waals surface area contributed by atoms with E-state index in [-0.39, 0.29) is 5.56 Å². The summed E-state index contributed by atoms with van der Waals surface area (Å²) >= 11 is 0. The fraction of sp³-hybridized carbons (Fsp3) is 0.0667. The maximum Gasteiger partial charge on any atom is 0.258 e. The van der Waals surface area contributed by atoms with Crippen molar-refractivity contribution in [1.82, 2.24) is 9.38 Å². The van der Waals surface area contributed by atoms with Crippen LogP contribution < -0.4 is 10.3 Å². The minimum Gasteiger partial charge on any atom is -0.497 e. The van der Waals surface area contributed by atoms with Gasteiger partial charge in [0, 0.05) is 17.8 Å². The first-order chi connectivity index (χ1) is 9.67. The molecule has 0 spiro atoms. The molecule has 0 fully saturated rings. The molecular weight excluding hydrogens is 259 g/mol. The van der Waals surface area contributed by atoms with Crippen LogP contribution in [-0.4, -0.2) is 16.5 Å². The van der Waals surface area contributed by atoms with Gasteiger partial charge in [0.2, 0.25) is 0 Å². The number of halogens is 1. The molecule has 5 heteroatoms. The summed E-state index contributed by atoms with van der Waals surface area (Å²) in [5, 5.41) is 0. The molecule has 0 aliphatic heterocycles. The highest BCUT2D eigenvalue weighted by Gasteiger charge is 2.05. The Labute approximate surface area is 114 Å². The minimum absolute atomic E-state index is 0.319. The van der Waals surface area contributed by atoms with Crippen LogP contribution in [0.1, 0.15) is 0 Å². The third kappa shape index (κ3) is 2.14. The molecule has 100 valence electrons. The molecule has 0 N–H and O–H groups in total. The van der Waals surface area contributed by atoms with Gasteiger partial charge < -0.3 is 4.74 Å². The van der Waals surface area contributed by atoms with Gasteiger partial charge in [-0.15, -0.1) is 0 Å². The molecule has 2 aromatic heterocycles. The molecule has 0 radical (unpaired) electrons. The van der Waals surface area contributed by atoms with E-state index in [2.05, 4.69) is 4.98 Å². The van der Waals surface area contributed by atoms with Crippen LogP contribution in [0.4, 0.5) is 4.39 Å². The topological polar surface area (TPSA) is 43.6 Å². The number of fused-ring (bicyclic) bond motifs is 1. The molecule has 4 nitrogen and oxygen atoms in total. The van der Waals surface area contributed by atoms with E-state index in [0.717, 1.165) is 17.5 Å². The van der Waals surface area contributed by atoms with Gasteiger partial charge >= 0.3 is 0 Å². The molecule has 1 aromatic carbocycles.